The molecule has 0 radical (unpaired) electrons. The molecule has 0 aliphatic carbocycles. The summed E-state index contributed by atoms with van der Waals surface area (Å²) in [5.41, 5.74) is 1.43. The molecule has 0 fully saturated rings. The summed E-state index contributed by atoms with van der Waals surface area (Å²) < 4.78 is 25.9. The molecule has 1 amide bonds. The molecule has 108 valence electrons. The number of aromatic nitrogens is 2. The molecule has 0 saturated heterocycles. The van der Waals surface area contributed by atoms with Crippen LogP contribution in [0.4, 0.5) is 0 Å². The molecule has 0 aliphatic rings. The fourth-order valence-corrected chi connectivity index (χ4v) is 2.52. The van der Waals surface area contributed by atoms with E-state index in [9.17, 15) is 13.2 Å². The first-order chi connectivity index (χ1) is 9.99. The van der Waals surface area contributed by atoms with Crippen LogP contribution in [0.15, 0.2) is 60.0 Å². The van der Waals surface area contributed by atoms with Crippen molar-refractivity contribution in [2.45, 2.75) is 11.8 Å². The van der Waals surface area contributed by atoms with Crippen LogP contribution in [0, 0.1) is 0 Å². The number of hydrogen-bond donors (Lipinski definition) is 1. The van der Waals surface area contributed by atoms with Crippen molar-refractivity contribution in [3.63, 3.8) is 0 Å². The summed E-state index contributed by atoms with van der Waals surface area (Å²) in [6.07, 6.45) is 7.04. The van der Waals surface area contributed by atoms with Crippen molar-refractivity contribution in [2.75, 3.05) is 0 Å². The largest absolute Gasteiger partial charge is 0.269 e. The molecule has 2 aromatic rings. The SMILES string of the molecule is C/C(=C\C(=O)NS(=O)(=O)c1cccnc1)c1ccncc1. The number of carbonyl (C=O) groups excluding carboxylic acids is 1. The first-order valence-electron chi connectivity index (χ1n) is 6.04. The molecule has 0 spiro atoms. The number of amides is 1. The summed E-state index contributed by atoms with van der Waals surface area (Å²) in [4.78, 5) is 19.3. The van der Waals surface area contributed by atoms with Crippen molar-refractivity contribution in [3.8, 4) is 0 Å². The van der Waals surface area contributed by atoms with Gasteiger partial charge in [0.2, 0.25) is 0 Å². The maximum atomic E-state index is 11.9. The van der Waals surface area contributed by atoms with Gasteiger partial charge in [0.05, 0.1) is 0 Å². The zero-order chi connectivity index (χ0) is 15.3. The van der Waals surface area contributed by atoms with Gasteiger partial charge in [0, 0.05) is 30.9 Å². The minimum Gasteiger partial charge on any atom is -0.269 e. The molecule has 2 heterocycles. The molecular formula is C14H13N3O3S. The van der Waals surface area contributed by atoms with Crippen LogP contribution in [0.2, 0.25) is 0 Å². The van der Waals surface area contributed by atoms with Crippen molar-refractivity contribution >= 4 is 21.5 Å². The topological polar surface area (TPSA) is 89.0 Å². The van der Waals surface area contributed by atoms with Crippen LogP contribution < -0.4 is 4.72 Å². The number of allylic oxidation sites excluding steroid dienone is 1. The third kappa shape index (κ3) is 3.96. The molecular weight excluding hydrogens is 290 g/mol. The van der Waals surface area contributed by atoms with Crippen LogP contribution >= 0.6 is 0 Å². The van der Waals surface area contributed by atoms with Crippen LogP contribution in [0.1, 0.15) is 12.5 Å². The van der Waals surface area contributed by atoms with Crippen LogP contribution in [0.5, 0.6) is 0 Å². The van der Waals surface area contributed by atoms with Gasteiger partial charge in [0.15, 0.2) is 0 Å². The molecule has 0 unspecified atom stereocenters. The normalized spacial score (nSPS) is 12.0. The van der Waals surface area contributed by atoms with Gasteiger partial charge in [-0.25, -0.2) is 13.1 Å². The van der Waals surface area contributed by atoms with E-state index in [1.807, 2.05) is 4.72 Å². The van der Waals surface area contributed by atoms with E-state index < -0.39 is 15.9 Å². The van der Waals surface area contributed by atoms with Gasteiger partial charge < -0.3 is 0 Å². The molecule has 2 aromatic heterocycles. The van der Waals surface area contributed by atoms with E-state index in [4.69, 9.17) is 0 Å². The lowest BCUT2D eigenvalue weighted by molar-refractivity contribution is -0.114. The molecule has 0 atom stereocenters. The zero-order valence-corrected chi connectivity index (χ0v) is 12.0. The van der Waals surface area contributed by atoms with Crippen molar-refractivity contribution in [1.82, 2.24) is 14.7 Å². The van der Waals surface area contributed by atoms with Gasteiger partial charge in [-0.2, -0.15) is 0 Å². The Hall–Kier alpha value is -2.54. The first kappa shape index (κ1) is 14.9. The predicted octanol–water partition coefficient (Wildman–Crippen LogP) is 1.39. The second kappa shape index (κ2) is 6.27. The molecule has 0 saturated carbocycles. The Morgan fingerprint density at radius 1 is 1.14 bits per heavy atom. The minimum absolute atomic E-state index is 0.0617. The Kier molecular flexibility index (Phi) is 4.44. The highest BCUT2D eigenvalue weighted by Crippen LogP contribution is 2.12. The fraction of sp³-hybridized carbons (Fsp3) is 0.0714. The lowest BCUT2D eigenvalue weighted by Crippen LogP contribution is -2.29. The maximum absolute atomic E-state index is 11.9. The summed E-state index contributed by atoms with van der Waals surface area (Å²) in [6, 6.07) is 6.31. The Morgan fingerprint density at radius 2 is 1.86 bits per heavy atom. The molecule has 0 bridgehead atoms. The van der Waals surface area contributed by atoms with Gasteiger partial charge in [-0.3, -0.25) is 14.8 Å². The van der Waals surface area contributed by atoms with Crippen LogP contribution in [0.25, 0.3) is 5.57 Å². The van der Waals surface area contributed by atoms with E-state index in [1.165, 1.54) is 30.6 Å². The van der Waals surface area contributed by atoms with Gasteiger partial charge in [-0.05, 0) is 42.3 Å². The predicted molar refractivity (Wildman–Crippen MR) is 77.5 cm³/mol. The molecule has 0 aromatic carbocycles. The van der Waals surface area contributed by atoms with E-state index in [2.05, 4.69) is 9.97 Å². The van der Waals surface area contributed by atoms with E-state index in [0.29, 0.717) is 5.57 Å². The van der Waals surface area contributed by atoms with Gasteiger partial charge in [0.1, 0.15) is 4.90 Å². The second-order valence-corrected chi connectivity index (χ2v) is 5.90. The third-order valence-corrected chi connectivity index (χ3v) is 3.99. The molecule has 0 aliphatic heterocycles. The van der Waals surface area contributed by atoms with Gasteiger partial charge >= 0.3 is 0 Å². The fourth-order valence-electron chi connectivity index (χ4n) is 1.62. The monoisotopic (exact) mass is 303 g/mol. The maximum Gasteiger partial charge on any atom is 0.265 e. The number of nitrogens with one attached hydrogen (secondary N) is 1. The quantitative estimate of drug-likeness (QED) is 0.862. The minimum atomic E-state index is -3.91. The standard InChI is InChI=1S/C14H13N3O3S/c1-11(12-4-7-15-8-5-12)9-14(18)17-21(19,20)13-3-2-6-16-10-13/h2-10H,1H3,(H,17,18)/b11-9+. The first-order valence-corrected chi connectivity index (χ1v) is 7.53. The van der Waals surface area contributed by atoms with Crippen LogP contribution in [0.3, 0.4) is 0 Å². The van der Waals surface area contributed by atoms with E-state index in [0.717, 1.165) is 5.56 Å². The van der Waals surface area contributed by atoms with Gasteiger partial charge in [-0.1, -0.05) is 0 Å². The molecule has 2 rings (SSSR count). The average Bonchev–Trinajstić information content (AvgIpc) is 2.48. The summed E-state index contributed by atoms with van der Waals surface area (Å²) in [7, 11) is -3.91. The number of pyridine rings is 2. The average molecular weight is 303 g/mol. The zero-order valence-electron chi connectivity index (χ0n) is 11.2. The van der Waals surface area contributed by atoms with Crippen molar-refractivity contribution in [2.24, 2.45) is 0 Å². The number of nitrogens with zero attached hydrogens (tertiary/aromatic N) is 2. The van der Waals surface area contributed by atoms with E-state index >= 15 is 0 Å². The highest BCUT2D eigenvalue weighted by Gasteiger charge is 2.16. The highest BCUT2D eigenvalue weighted by molar-refractivity contribution is 7.90. The summed E-state index contributed by atoms with van der Waals surface area (Å²) in [6.45, 7) is 1.71. The number of carbonyl (C=O) groups is 1. The number of rotatable bonds is 4. The molecule has 1 N–H and O–H groups in total. The molecule has 6 nitrogen and oxygen atoms in total. The summed E-state index contributed by atoms with van der Waals surface area (Å²) >= 11 is 0. The lowest BCUT2D eigenvalue weighted by Gasteiger charge is -2.05. The van der Waals surface area contributed by atoms with E-state index in [-0.39, 0.29) is 4.90 Å². The lowest BCUT2D eigenvalue weighted by atomic mass is 10.1. The molecule has 7 heteroatoms. The smallest absolute Gasteiger partial charge is 0.265 e. The Balaban J connectivity index is 2.16. The third-order valence-electron chi connectivity index (χ3n) is 2.66. The summed E-state index contributed by atoms with van der Waals surface area (Å²) in [5.74, 6) is -0.715. The van der Waals surface area contributed by atoms with Crippen LogP contribution in [-0.2, 0) is 14.8 Å². The summed E-state index contributed by atoms with van der Waals surface area (Å²) in [5, 5.41) is 0. The second-order valence-electron chi connectivity index (χ2n) is 4.22. The van der Waals surface area contributed by atoms with E-state index in [1.54, 1.807) is 31.5 Å². The van der Waals surface area contributed by atoms with Gasteiger partial charge in [-0.15, -0.1) is 0 Å². The number of hydrogen-bond acceptors (Lipinski definition) is 5. The Labute approximate surface area is 122 Å². The highest BCUT2D eigenvalue weighted by atomic mass is 32.2. The Morgan fingerprint density at radius 3 is 2.48 bits per heavy atom. The molecule has 21 heavy (non-hydrogen) atoms. The van der Waals surface area contributed by atoms with Crippen molar-refractivity contribution in [3.05, 3.63) is 60.7 Å². The Bertz CT molecular complexity index is 757. The van der Waals surface area contributed by atoms with Crippen molar-refractivity contribution < 1.29 is 13.2 Å². The number of sulfonamides is 1. The van der Waals surface area contributed by atoms with Crippen molar-refractivity contribution in [1.29, 1.82) is 0 Å². The van der Waals surface area contributed by atoms with Crippen LogP contribution in [-0.4, -0.2) is 24.3 Å². The van der Waals surface area contributed by atoms with Gasteiger partial charge in [0.25, 0.3) is 15.9 Å².